The van der Waals surface area contributed by atoms with E-state index in [4.69, 9.17) is 4.74 Å². The lowest BCUT2D eigenvalue weighted by Gasteiger charge is -2.26. The molecule has 1 aromatic heterocycles. The van der Waals surface area contributed by atoms with Crippen molar-refractivity contribution in [2.45, 2.75) is 46.5 Å². The van der Waals surface area contributed by atoms with Crippen molar-refractivity contribution in [3.8, 4) is 16.9 Å². The normalized spacial score (nSPS) is 12.8. The number of allylic oxidation sites excluding steroid dienone is 4. The highest BCUT2D eigenvalue weighted by Gasteiger charge is 2.25. The van der Waals surface area contributed by atoms with Crippen molar-refractivity contribution in [3.05, 3.63) is 196 Å². The van der Waals surface area contributed by atoms with Crippen molar-refractivity contribution >= 4 is 64.4 Å². The number of ketones is 1. The van der Waals surface area contributed by atoms with Crippen LogP contribution in [0.25, 0.3) is 48.5 Å². The van der Waals surface area contributed by atoms with E-state index in [1.807, 2.05) is 37.6 Å². The molecule has 8 aromatic rings. The Morgan fingerprint density at radius 3 is 2.05 bits per heavy atom. The molecular formula is C52H48NO2PS. The Hall–Kier alpha value is -5.67. The minimum atomic E-state index is 0. The molecule has 0 spiro atoms. The Kier molecular flexibility index (Phi) is 12.2. The van der Waals surface area contributed by atoms with E-state index in [0.29, 0.717) is 11.3 Å². The molecule has 0 radical (unpaired) electrons. The molecule has 0 fully saturated rings. The number of hydrogen-bond acceptors (Lipinski definition) is 4. The van der Waals surface area contributed by atoms with Gasteiger partial charge in [-0.05, 0) is 114 Å². The average molecular weight is 782 g/mol. The number of fused-ring (bicyclic) bond motifs is 7. The van der Waals surface area contributed by atoms with Gasteiger partial charge in [0.05, 0.1) is 28.4 Å². The van der Waals surface area contributed by atoms with Gasteiger partial charge in [-0.2, -0.15) is 9.90 Å². The molecule has 3 nitrogen and oxygen atoms in total. The van der Waals surface area contributed by atoms with Gasteiger partial charge in [-0.15, -0.1) is 11.3 Å². The van der Waals surface area contributed by atoms with Crippen LogP contribution in [0, 0.1) is 20.8 Å². The van der Waals surface area contributed by atoms with Gasteiger partial charge in [-0.1, -0.05) is 139 Å². The third-order valence-electron chi connectivity index (χ3n) is 11.0. The molecule has 0 amide bonds. The van der Waals surface area contributed by atoms with Crippen LogP contribution in [-0.4, -0.2) is 17.9 Å². The number of carbonyl (C=O) groups is 1. The Morgan fingerprint density at radius 2 is 1.35 bits per heavy atom. The van der Waals surface area contributed by atoms with E-state index in [1.54, 1.807) is 24.0 Å². The fraction of sp³-hybridized carbons (Fsp3) is 0.154. The van der Waals surface area contributed by atoms with Gasteiger partial charge in [0.2, 0.25) is 0 Å². The number of aryl methyl sites for hydroxylation is 4. The second-order valence-corrected chi connectivity index (χ2v) is 15.5. The predicted octanol–water partition coefficient (Wildman–Crippen LogP) is 13.9. The van der Waals surface area contributed by atoms with Crippen molar-refractivity contribution in [3.63, 3.8) is 0 Å². The van der Waals surface area contributed by atoms with Crippen molar-refractivity contribution in [1.82, 2.24) is 4.98 Å². The van der Waals surface area contributed by atoms with E-state index in [1.165, 1.54) is 60.7 Å². The first kappa shape index (κ1) is 39.6. The number of carbonyl (C=O) groups excluding carboxylic acids is 1. The number of thiazole rings is 1. The summed E-state index contributed by atoms with van der Waals surface area (Å²) in [7, 11) is 1.67. The number of ether oxygens (including phenoxy) is 1. The molecule has 2 aliphatic carbocycles. The van der Waals surface area contributed by atoms with Crippen molar-refractivity contribution in [2.75, 3.05) is 7.11 Å². The summed E-state index contributed by atoms with van der Waals surface area (Å²) >= 11 is 1.69. The van der Waals surface area contributed by atoms with Gasteiger partial charge < -0.3 is 4.74 Å². The second kappa shape index (κ2) is 17.6. The van der Waals surface area contributed by atoms with Crippen LogP contribution in [0.4, 0.5) is 0 Å². The van der Waals surface area contributed by atoms with Crippen LogP contribution in [0.15, 0.2) is 157 Å². The van der Waals surface area contributed by atoms with Crippen molar-refractivity contribution < 1.29 is 9.53 Å². The van der Waals surface area contributed by atoms with Gasteiger partial charge >= 0.3 is 0 Å². The summed E-state index contributed by atoms with van der Waals surface area (Å²) in [4.78, 5) is 18.0. The van der Waals surface area contributed by atoms with Crippen LogP contribution in [0.1, 0.15) is 63.0 Å². The molecule has 284 valence electrons. The minimum absolute atomic E-state index is 0. The fourth-order valence-electron chi connectivity index (χ4n) is 8.42. The number of methoxy groups -OCH3 is 1. The highest BCUT2D eigenvalue weighted by Crippen LogP contribution is 2.43. The maximum atomic E-state index is 13.6. The van der Waals surface area contributed by atoms with E-state index < -0.39 is 0 Å². The number of rotatable bonds is 4. The number of nitrogens with zero attached hydrogens (tertiary/aromatic N) is 1. The van der Waals surface area contributed by atoms with Crippen LogP contribution in [-0.2, 0) is 6.42 Å². The van der Waals surface area contributed by atoms with Crippen LogP contribution < -0.4 is 4.74 Å². The maximum Gasteiger partial charge on any atom is 0.197 e. The monoisotopic (exact) mass is 781 g/mol. The van der Waals surface area contributed by atoms with Gasteiger partial charge in [0.15, 0.2) is 5.78 Å². The zero-order valence-corrected chi connectivity index (χ0v) is 35.4. The first-order valence-electron chi connectivity index (χ1n) is 19.4. The van der Waals surface area contributed by atoms with Gasteiger partial charge in [0, 0.05) is 16.3 Å². The smallest absolute Gasteiger partial charge is 0.197 e. The third kappa shape index (κ3) is 8.12. The lowest BCUT2D eigenvalue weighted by Crippen LogP contribution is -2.10. The quantitative estimate of drug-likeness (QED) is 0.132. The highest BCUT2D eigenvalue weighted by molar-refractivity contribution is 7.16. The van der Waals surface area contributed by atoms with Crippen molar-refractivity contribution in [2.24, 2.45) is 0 Å². The van der Waals surface area contributed by atoms with E-state index in [0.717, 1.165) is 46.9 Å². The van der Waals surface area contributed by atoms with Crippen LogP contribution in [0.5, 0.6) is 5.75 Å². The number of aromatic nitrogens is 1. The molecule has 7 aromatic carbocycles. The highest BCUT2D eigenvalue weighted by atomic mass is 32.1. The van der Waals surface area contributed by atoms with Gasteiger partial charge in [-0.25, -0.2) is 4.98 Å². The third-order valence-corrected chi connectivity index (χ3v) is 11.8. The SMILES string of the molecule is COc1c(C(=O)c2c(C)cc(C)cc2C)ccc2c3c(ccc12)C1=C(CCC=C1)CC3.P.c1ccc(-c2ccccc2)cc1.c1ccc2c(c1)ccc1scnc12. The lowest BCUT2D eigenvalue weighted by atomic mass is 9.79. The zero-order chi connectivity index (χ0) is 38.6. The van der Waals surface area contributed by atoms with Crippen LogP contribution in [0.2, 0.25) is 0 Å². The first-order chi connectivity index (χ1) is 27.4. The Balaban J connectivity index is 0.000000156. The van der Waals surface area contributed by atoms with Crippen molar-refractivity contribution in [1.29, 1.82) is 0 Å². The summed E-state index contributed by atoms with van der Waals surface area (Å²) in [6, 6.07) is 46.0. The molecule has 2 aliphatic rings. The first-order valence-corrected chi connectivity index (χ1v) is 20.2. The molecule has 1 heterocycles. The zero-order valence-electron chi connectivity index (χ0n) is 33.1. The molecule has 0 saturated heterocycles. The Morgan fingerprint density at radius 1 is 0.684 bits per heavy atom. The topological polar surface area (TPSA) is 39.2 Å². The molecule has 1 atom stereocenters. The summed E-state index contributed by atoms with van der Waals surface area (Å²) < 4.78 is 7.12. The minimum Gasteiger partial charge on any atom is -0.495 e. The molecule has 5 heteroatoms. The average Bonchev–Trinajstić information content (AvgIpc) is 3.74. The molecule has 0 bridgehead atoms. The standard InChI is InChI=1S/C29H28O2.C12H10.C11H7NS.H3P/c1-17-15-18(2)27(19(3)16-17)28(30)26-14-12-24-23-10-9-20-7-5-6-8-21(20)22(23)11-13-25(24)29(26)31-4;1-3-7-11(8-4-1)12-9-5-2-6-10-12;1-2-4-9-8(3-1)5-6-10-11(9)12-7-13-10;/h6,8,11-16H,5,7,9-10H2,1-4H3;1-10H;1-7H;1H3. The van der Waals surface area contributed by atoms with Crippen LogP contribution >= 0.6 is 21.2 Å². The summed E-state index contributed by atoms with van der Waals surface area (Å²) in [5, 5.41) is 4.74. The van der Waals surface area contributed by atoms with Gasteiger partial charge in [0.1, 0.15) is 5.75 Å². The fourth-order valence-corrected chi connectivity index (χ4v) is 9.11. The van der Waals surface area contributed by atoms with Crippen LogP contribution in [0.3, 0.4) is 0 Å². The van der Waals surface area contributed by atoms with Gasteiger partial charge in [0.25, 0.3) is 0 Å². The molecule has 57 heavy (non-hydrogen) atoms. The van der Waals surface area contributed by atoms with E-state index in [-0.39, 0.29) is 15.7 Å². The molecular weight excluding hydrogens is 734 g/mol. The Bertz CT molecular complexity index is 2720. The molecule has 10 rings (SSSR count). The molecule has 1 unspecified atom stereocenters. The molecule has 0 aliphatic heterocycles. The predicted molar refractivity (Wildman–Crippen MR) is 248 cm³/mol. The summed E-state index contributed by atoms with van der Waals surface area (Å²) in [6.45, 7) is 6.09. The largest absolute Gasteiger partial charge is 0.495 e. The second-order valence-electron chi connectivity index (χ2n) is 14.6. The lowest BCUT2D eigenvalue weighted by molar-refractivity contribution is 0.103. The summed E-state index contributed by atoms with van der Waals surface area (Å²) in [5.41, 5.74) is 15.9. The molecule has 0 N–H and O–H groups in total. The Labute approximate surface area is 343 Å². The number of hydrogen-bond donors (Lipinski definition) is 0. The number of benzene rings is 7. The maximum absolute atomic E-state index is 13.6. The van der Waals surface area contributed by atoms with E-state index in [9.17, 15) is 4.79 Å². The molecule has 0 saturated carbocycles. The van der Waals surface area contributed by atoms with E-state index in [2.05, 4.69) is 139 Å². The summed E-state index contributed by atoms with van der Waals surface area (Å²) in [6.07, 6.45) is 9.07. The van der Waals surface area contributed by atoms with E-state index >= 15 is 0 Å². The van der Waals surface area contributed by atoms with Gasteiger partial charge in [-0.3, -0.25) is 4.79 Å². The summed E-state index contributed by atoms with van der Waals surface area (Å²) in [5.74, 6) is 0.718.